The van der Waals surface area contributed by atoms with Crippen molar-refractivity contribution in [2.24, 2.45) is 5.73 Å². The minimum Gasteiger partial charge on any atom is -0.325 e. The number of nitrogens with two attached hydrogens (primary N) is 1. The molecule has 1 aliphatic heterocycles. The normalized spacial score (nSPS) is 24.4. The van der Waals surface area contributed by atoms with Crippen molar-refractivity contribution in [2.75, 3.05) is 5.75 Å². The number of aromatic nitrogens is 1. The molecule has 2 rings (SSSR count). The van der Waals surface area contributed by atoms with Gasteiger partial charge in [-0.1, -0.05) is 6.42 Å². The molecule has 4 nitrogen and oxygen atoms in total. The maximum atomic E-state index is 11.8. The number of hydrogen-bond donors (Lipinski definition) is 1. The van der Waals surface area contributed by atoms with Gasteiger partial charge in [0.1, 0.15) is 0 Å². The quantitative estimate of drug-likeness (QED) is 0.883. The molecule has 1 aliphatic rings. The third-order valence-corrected chi connectivity index (χ3v) is 6.12. The van der Waals surface area contributed by atoms with E-state index < -0.39 is 9.84 Å². The maximum Gasteiger partial charge on any atom is 0.153 e. The fourth-order valence-corrected chi connectivity index (χ4v) is 4.85. The summed E-state index contributed by atoms with van der Waals surface area (Å²) in [7, 11) is -2.88. The number of hydrogen-bond acceptors (Lipinski definition) is 5. The number of nitrogens with zero attached hydrogens (tertiary/aromatic N) is 1. The Hall–Kier alpha value is -0.460. The van der Waals surface area contributed by atoms with Crippen LogP contribution in [0.5, 0.6) is 0 Å². The second-order valence-corrected chi connectivity index (χ2v) is 7.47. The molecule has 0 aliphatic carbocycles. The first-order valence-electron chi connectivity index (χ1n) is 5.47. The van der Waals surface area contributed by atoms with Crippen LogP contribution < -0.4 is 5.73 Å². The Balaban J connectivity index is 2.08. The molecule has 0 spiro atoms. The van der Waals surface area contributed by atoms with Crippen LogP contribution in [0.4, 0.5) is 0 Å². The SMILES string of the molecule is NCc1csc(CC2CCCCS2(=O)=O)n1. The Morgan fingerprint density at radius 2 is 2.31 bits per heavy atom. The van der Waals surface area contributed by atoms with Gasteiger partial charge in [-0.3, -0.25) is 0 Å². The molecule has 90 valence electrons. The summed E-state index contributed by atoms with van der Waals surface area (Å²) in [4.78, 5) is 4.32. The molecule has 0 aromatic carbocycles. The molecular formula is C10H16N2O2S2. The first-order chi connectivity index (χ1) is 7.62. The van der Waals surface area contributed by atoms with Gasteiger partial charge >= 0.3 is 0 Å². The zero-order valence-corrected chi connectivity index (χ0v) is 10.7. The van der Waals surface area contributed by atoms with Crippen LogP contribution in [0, 0.1) is 0 Å². The Bertz CT molecular complexity index is 453. The van der Waals surface area contributed by atoms with E-state index in [1.807, 2.05) is 5.38 Å². The van der Waals surface area contributed by atoms with Gasteiger partial charge in [-0.25, -0.2) is 13.4 Å². The largest absolute Gasteiger partial charge is 0.325 e. The van der Waals surface area contributed by atoms with E-state index in [1.165, 1.54) is 11.3 Å². The smallest absolute Gasteiger partial charge is 0.153 e. The van der Waals surface area contributed by atoms with E-state index in [9.17, 15) is 8.42 Å². The molecule has 0 saturated carbocycles. The second kappa shape index (κ2) is 4.81. The fourth-order valence-electron chi connectivity index (χ4n) is 1.98. The third-order valence-electron chi connectivity index (χ3n) is 2.92. The molecule has 1 fully saturated rings. The van der Waals surface area contributed by atoms with Crippen LogP contribution in [0.25, 0.3) is 0 Å². The van der Waals surface area contributed by atoms with Gasteiger partial charge in [0.15, 0.2) is 9.84 Å². The highest BCUT2D eigenvalue weighted by molar-refractivity contribution is 7.92. The third kappa shape index (κ3) is 2.61. The van der Waals surface area contributed by atoms with Gasteiger partial charge < -0.3 is 5.73 Å². The van der Waals surface area contributed by atoms with Crippen molar-refractivity contribution in [3.63, 3.8) is 0 Å². The van der Waals surface area contributed by atoms with Crippen molar-refractivity contribution in [2.45, 2.75) is 37.5 Å². The Morgan fingerprint density at radius 1 is 1.50 bits per heavy atom. The molecule has 0 bridgehead atoms. The molecule has 1 atom stereocenters. The van der Waals surface area contributed by atoms with Gasteiger partial charge in [0.05, 0.1) is 21.7 Å². The highest BCUT2D eigenvalue weighted by Gasteiger charge is 2.29. The lowest BCUT2D eigenvalue weighted by Gasteiger charge is -2.21. The van der Waals surface area contributed by atoms with Crippen LogP contribution in [0.3, 0.4) is 0 Å². The topological polar surface area (TPSA) is 73.1 Å². The minimum atomic E-state index is -2.88. The highest BCUT2D eigenvalue weighted by atomic mass is 32.2. The molecule has 1 aromatic rings. The lowest BCUT2D eigenvalue weighted by Crippen LogP contribution is -2.30. The van der Waals surface area contributed by atoms with E-state index in [-0.39, 0.29) is 5.25 Å². The first kappa shape index (κ1) is 12.0. The van der Waals surface area contributed by atoms with Crippen LogP contribution >= 0.6 is 11.3 Å². The van der Waals surface area contributed by atoms with Crippen LogP contribution in [-0.4, -0.2) is 24.4 Å². The summed E-state index contributed by atoms with van der Waals surface area (Å²) >= 11 is 1.51. The average molecular weight is 260 g/mol. The number of thiazole rings is 1. The minimum absolute atomic E-state index is 0.224. The van der Waals surface area contributed by atoms with E-state index in [1.54, 1.807) is 0 Å². The Labute approximate surface area is 99.8 Å². The van der Waals surface area contributed by atoms with E-state index in [4.69, 9.17) is 5.73 Å². The van der Waals surface area contributed by atoms with Crippen molar-refractivity contribution in [3.05, 3.63) is 16.1 Å². The van der Waals surface area contributed by atoms with Gasteiger partial charge in [0.25, 0.3) is 0 Å². The maximum absolute atomic E-state index is 11.8. The van der Waals surface area contributed by atoms with Crippen molar-refractivity contribution < 1.29 is 8.42 Å². The molecule has 0 amide bonds. The Morgan fingerprint density at radius 3 is 2.94 bits per heavy atom. The number of sulfone groups is 1. The molecular weight excluding hydrogens is 244 g/mol. The first-order valence-corrected chi connectivity index (χ1v) is 8.06. The van der Waals surface area contributed by atoms with Crippen molar-refractivity contribution in [1.29, 1.82) is 0 Å². The molecule has 0 radical (unpaired) electrons. The predicted octanol–water partition coefficient (Wildman–Crippen LogP) is 1.11. The highest BCUT2D eigenvalue weighted by Crippen LogP contribution is 2.24. The summed E-state index contributed by atoms with van der Waals surface area (Å²) in [6.07, 6.45) is 3.16. The molecule has 1 aromatic heterocycles. The van der Waals surface area contributed by atoms with Gasteiger partial charge in [-0.15, -0.1) is 11.3 Å². The lowest BCUT2D eigenvalue weighted by molar-refractivity contribution is 0.537. The van der Waals surface area contributed by atoms with Gasteiger partial charge in [-0.05, 0) is 12.8 Å². The van der Waals surface area contributed by atoms with Crippen LogP contribution in [-0.2, 0) is 22.8 Å². The average Bonchev–Trinajstić information content (AvgIpc) is 2.69. The van der Waals surface area contributed by atoms with Gasteiger partial charge in [0, 0.05) is 18.3 Å². The molecule has 1 unspecified atom stereocenters. The van der Waals surface area contributed by atoms with E-state index >= 15 is 0 Å². The van der Waals surface area contributed by atoms with Crippen LogP contribution in [0.15, 0.2) is 5.38 Å². The molecule has 1 saturated heterocycles. The van der Waals surface area contributed by atoms with E-state index in [0.717, 1.165) is 30.0 Å². The molecule has 16 heavy (non-hydrogen) atoms. The summed E-state index contributed by atoms with van der Waals surface area (Å²) in [5.41, 5.74) is 6.33. The van der Waals surface area contributed by atoms with Crippen LogP contribution in [0.1, 0.15) is 30.0 Å². The fraction of sp³-hybridized carbons (Fsp3) is 0.700. The van der Waals surface area contributed by atoms with Crippen molar-refractivity contribution in [3.8, 4) is 0 Å². The summed E-state index contributed by atoms with van der Waals surface area (Å²) in [6, 6.07) is 0. The predicted molar refractivity (Wildman–Crippen MR) is 65.1 cm³/mol. The molecule has 6 heteroatoms. The zero-order chi connectivity index (χ0) is 11.6. The second-order valence-electron chi connectivity index (χ2n) is 4.13. The monoisotopic (exact) mass is 260 g/mol. The van der Waals surface area contributed by atoms with Crippen LogP contribution in [0.2, 0.25) is 0 Å². The van der Waals surface area contributed by atoms with E-state index in [2.05, 4.69) is 4.98 Å². The zero-order valence-electron chi connectivity index (χ0n) is 9.05. The van der Waals surface area contributed by atoms with Gasteiger partial charge in [0.2, 0.25) is 0 Å². The van der Waals surface area contributed by atoms with Crippen molar-refractivity contribution >= 4 is 21.2 Å². The van der Waals surface area contributed by atoms with E-state index in [0.29, 0.717) is 18.7 Å². The molecule has 2 heterocycles. The summed E-state index contributed by atoms with van der Waals surface area (Å²) < 4.78 is 23.6. The van der Waals surface area contributed by atoms with Gasteiger partial charge in [-0.2, -0.15) is 0 Å². The lowest BCUT2D eigenvalue weighted by atomic mass is 10.1. The Kier molecular flexibility index (Phi) is 3.61. The summed E-state index contributed by atoms with van der Waals surface area (Å²) in [5.74, 6) is 0.340. The van der Waals surface area contributed by atoms with Crippen molar-refractivity contribution in [1.82, 2.24) is 4.98 Å². The molecule has 2 N–H and O–H groups in total. The summed E-state index contributed by atoms with van der Waals surface area (Å²) in [5, 5.41) is 2.58. The summed E-state index contributed by atoms with van der Waals surface area (Å²) in [6.45, 7) is 0.425. The number of rotatable bonds is 3. The standard InChI is InChI=1S/C10H16N2O2S2/c11-6-8-7-15-10(12-8)5-9-3-1-2-4-16(9,13)14/h7,9H,1-6,11H2.